The highest BCUT2D eigenvalue weighted by Gasteiger charge is 2.28. The monoisotopic (exact) mass is 502 g/mol. The molecule has 2 N–H and O–H groups in total. The van der Waals surface area contributed by atoms with Gasteiger partial charge in [-0.15, -0.1) is 11.3 Å². The zero-order valence-electron chi connectivity index (χ0n) is 20.6. The van der Waals surface area contributed by atoms with E-state index in [-0.39, 0.29) is 11.8 Å². The molecular formula is C32H26N2O2S. The summed E-state index contributed by atoms with van der Waals surface area (Å²) in [4.78, 5) is 28.3. The summed E-state index contributed by atoms with van der Waals surface area (Å²) in [5.41, 5.74) is 6.87. The maximum absolute atomic E-state index is 13.7. The Morgan fingerprint density at radius 3 is 1.22 bits per heavy atom. The smallest absolute Gasteiger partial charge is 0.266 e. The van der Waals surface area contributed by atoms with E-state index in [1.165, 1.54) is 11.3 Å². The second kappa shape index (κ2) is 10.6. The summed E-state index contributed by atoms with van der Waals surface area (Å²) in [5, 5.41) is 6.04. The van der Waals surface area contributed by atoms with Gasteiger partial charge in [0.05, 0.1) is 0 Å². The molecule has 0 radical (unpaired) electrons. The molecule has 0 aliphatic carbocycles. The van der Waals surface area contributed by atoms with E-state index in [4.69, 9.17) is 0 Å². The number of rotatable bonds is 6. The number of carbonyl (C=O) groups excluding carboxylic acids is 2. The van der Waals surface area contributed by atoms with Crippen molar-refractivity contribution < 1.29 is 9.59 Å². The van der Waals surface area contributed by atoms with Crippen LogP contribution in [0.15, 0.2) is 109 Å². The minimum Gasteiger partial charge on any atom is -0.321 e. The van der Waals surface area contributed by atoms with E-state index in [1.54, 1.807) is 0 Å². The second-order valence-corrected chi connectivity index (χ2v) is 9.90. The summed E-state index contributed by atoms with van der Waals surface area (Å²) in [7, 11) is 0. The van der Waals surface area contributed by atoms with Crippen molar-refractivity contribution >= 4 is 34.5 Å². The molecule has 182 valence electrons. The third-order valence-corrected chi connectivity index (χ3v) is 7.25. The molecule has 0 aliphatic heterocycles. The van der Waals surface area contributed by atoms with Crippen LogP contribution in [0, 0.1) is 13.8 Å². The van der Waals surface area contributed by atoms with Gasteiger partial charge in [0, 0.05) is 22.5 Å². The Labute approximate surface area is 220 Å². The van der Waals surface area contributed by atoms with Crippen LogP contribution in [0.5, 0.6) is 0 Å². The van der Waals surface area contributed by atoms with Gasteiger partial charge in [-0.2, -0.15) is 0 Å². The average molecular weight is 503 g/mol. The Bertz CT molecular complexity index is 1420. The molecule has 0 aliphatic rings. The van der Waals surface area contributed by atoms with Gasteiger partial charge in [0.15, 0.2) is 0 Å². The van der Waals surface area contributed by atoms with Crippen molar-refractivity contribution in [3.8, 4) is 22.3 Å². The van der Waals surface area contributed by atoms with Crippen LogP contribution in [0.1, 0.15) is 30.5 Å². The van der Waals surface area contributed by atoms with Crippen molar-refractivity contribution in [2.24, 2.45) is 0 Å². The third kappa shape index (κ3) is 5.37. The van der Waals surface area contributed by atoms with Crippen LogP contribution in [0.4, 0.5) is 11.4 Å². The molecule has 0 spiro atoms. The molecule has 0 unspecified atom stereocenters. The first-order valence-corrected chi connectivity index (χ1v) is 12.8. The Hall–Kier alpha value is -4.48. The van der Waals surface area contributed by atoms with Gasteiger partial charge in [-0.05, 0) is 49.2 Å². The van der Waals surface area contributed by atoms with Crippen molar-refractivity contribution in [2.75, 3.05) is 10.6 Å². The number of hydrogen-bond donors (Lipinski definition) is 2. The molecule has 0 saturated heterocycles. The number of thiophene rings is 1. The molecule has 0 fully saturated rings. The van der Waals surface area contributed by atoms with E-state index in [1.807, 2.05) is 123 Å². The third-order valence-electron chi connectivity index (χ3n) is 6.06. The lowest BCUT2D eigenvalue weighted by Gasteiger charge is -2.11. The normalized spacial score (nSPS) is 10.6. The van der Waals surface area contributed by atoms with Crippen LogP contribution in [0.3, 0.4) is 0 Å². The molecule has 1 aromatic heterocycles. The molecule has 0 atom stereocenters. The highest BCUT2D eigenvalue weighted by Crippen LogP contribution is 2.44. The Morgan fingerprint density at radius 1 is 0.514 bits per heavy atom. The predicted octanol–water partition coefficient (Wildman–Crippen LogP) is 8.20. The van der Waals surface area contributed by atoms with Crippen molar-refractivity contribution in [3.63, 3.8) is 0 Å². The van der Waals surface area contributed by atoms with Crippen LogP contribution in [0.25, 0.3) is 22.3 Å². The summed E-state index contributed by atoms with van der Waals surface area (Å²) in [6.45, 7) is 4.01. The number of nitrogens with one attached hydrogen (secondary N) is 2. The molecule has 4 aromatic carbocycles. The summed E-state index contributed by atoms with van der Waals surface area (Å²) in [5.74, 6) is -0.501. The topological polar surface area (TPSA) is 58.2 Å². The van der Waals surface area contributed by atoms with Crippen LogP contribution < -0.4 is 10.6 Å². The Morgan fingerprint density at radius 2 is 0.865 bits per heavy atom. The first kappa shape index (κ1) is 24.2. The molecule has 0 bridgehead atoms. The number of benzene rings is 4. The number of amides is 2. The maximum Gasteiger partial charge on any atom is 0.266 e. The van der Waals surface area contributed by atoms with E-state index in [0.29, 0.717) is 21.1 Å². The van der Waals surface area contributed by atoms with Crippen LogP contribution >= 0.6 is 11.3 Å². The quantitative estimate of drug-likeness (QED) is 0.246. The van der Waals surface area contributed by atoms with Gasteiger partial charge >= 0.3 is 0 Å². The summed E-state index contributed by atoms with van der Waals surface area (Å²) in [6.07, 6.45) is 0. The van der Waals surface area contributed by atoms with Gasteiger partial charge in [-0.3, -0.25) is 9.59 Å². The Balaban J connectivity index is 1.66. The highest BCUT2D eigenvalue weighted by atomic mass is 32.1. The fourth-order valence-corrected chi connectivity index (χ4v) is 5.30. The lowest BCUT2D eigenvalue weighted by Crippen LogP contribution is -2.11. The van der Waals surface area contributed by atoms with Crippen molar-refractivity contribution in [1.29, 1.82) is 0 Å². The molecule has 5 rings (SSSR count). The fraction of sp³-hybridized carbons (Fsp3) is 0.0625. The molecule has 1 heterocycles. The zero-order valence-corrected chi connectivity index (χ0v) is 21.4. The summed E-state index contributed by atoms with van der Waals surface area (Å²) >= 11 is 1.21. The van der Waals surface area contributed by atoms with Gasteiger partial charge < -0.3 is 10.6 Å². The van der Waals surface area contributed by atoms with Gasteiger partial charge in [0.2, 0.25) is 0 Å². The molecular weight excluding hydrogens is 476 g/mol. The number of hydrogen-bond acceptors (Lipinski definition) is 3. The van der Waals surface area contributed by atoms with Crippen LogP contribution in [-0.2, 0) is 0 Å². The van der Waals surface area contributed by atoms with E-state index in [9.17, 15) is 9.59 Å². The number of anilines is 2. The summed E-state index contributed by atoms with van der Waals surface area (Å²) in [6, 6.07) is 34.9. The van der Waals surface area contributed by atoms with Gasteiger partial charge in [-0.1, -0.05) is 96.1 Å². The molecule has 5 aromatic rings. The minimum atomic E-state index is -0.251. The van der Waals surface area contributed by atoms with Crippen molar-refractivity contribution in [1.82, 2.24) is 0 Å². The van der Waals surface area contributed by atoms with Gasteiger partial charge in [-0.25, -0.2) is 0 Å². The van der Waals surface area contributed by atoms with Crippen molar-refractivity contribution in [2.45, 2.75) is 13.8 Å². The number of aryl methyl sites for hydroxylation is 2. The SMILES string of the molecule is Cc1ccc(NC(=O)c2sc(C(=O)Nc3ccc(C)cc3)c(-c3ccccc3)c2-c2ccccc2)cc1. The molecule has 5 heteroatoms. The largest absolute Gasteiger partial charge is 0.321 e. The van der Waals surface area contributed by atoms with E-state index in [2.05, 4.69) is 10.6 Å². The lowest BCUT2D eigenvalue weighted by molar-refractivity contribution is 0.102. The molecule has 0 saturated carbocycles. The maximum atomic E-state index is 13.7. The fourth-order valence-electron chi connectivity index (χ4n) is 4.16. The zero-order chi connectivity index (χ0) is 25.8. The number of carbonyl (C=O) groups is 2. The lowest BCUT2D eigenvalue weighted by atomic mass is 9.94. The van der Waals surface area contributed by atoms with Gasteiger partial charge in [0.25, 0.3) is 11.8 Å². The van der Waals surface area contributed by atoms with E-state index >= 15 is 0 Å². The van der Waals surface area contributed by atoms with Crippen molar-refractivity contribution in [3.05, 3.63) is 130 Å². The highest BCUT2D eigenvalue weighted by molar-refractivity contribution is 7.17. The van der Waals surface area contributed by atoms with Crippen LogP contribution in [0.2, 0.25) is 0 Å². The van der Waals surface area contributed by atoms with E-state index in [0.717, 1.165) is 33.4 Å². The first-order valence-electron chi connectivity index (χ1n) is 12.0. The van der Waals surface area contributed by atoms with Crippen LogP contribution in [-0.4, -0.2) is 11.8 Å². The average Bonchev–Trinajstić information content (AvgIpc) is 3.33. The standard InChI is InChI=1S/C32H26N2O2S/c1-21-13-17-25(18-14-21)33-31(35)29-27(23-9-5-3-6-10-23)28(24-11-7-4-8-12-24)30(37-29)32(36)34-26-19-15-22(2)16-20-26/h3-20H,1-2H3,(H,33,35)(H,34,36). The summed E-state index contributed by atoms with van der Waals surface area (Å²) < 4.78 is 0. The molecule has 4 nitrogen and oxygen atoms in total. The predicted molar refractivity (Wildman–Crippen MR) is 153 cm³/mol. The molecule has 2 amide bonds. The first-order chi connectivity index (χ1) is 18.0. The van der Waals surface area contributed by atoms with Gasteiger partial charge in [0.1, 0.15) is 9.75 Å². The molecule has 37 heavy (non-hydrogen) atoms. The minimum absolute atomic E-state index is 0.251. The Kier molecular flexibility index (Phi) is 6.97. The second-order valence-electron chi connectivity index (χ2n) is 8.88. The van der Waals surface area contributed by atoms with E-state index < -0.39 is 0 Å².